The van der Waals surface area contributed by atoms with E-state index in [9.17, 15) is 4.79 Å². The third kappa shape index (κ3) is 2.96. The van der Waals surface area contributed by atoms with Crippen LogP contribution in [0.4, 0.5) is 0 Å². The predicted octanol–water partition coefficient (Wildman–Crippen LogP) is 2.35. The van der Waals surface area contributed by atoms with Crippen molar-refractivity contribution >= 4 is 12.0 Å². The number of hydrogen-bond acceptors (Lipinski definition) is 2. The first-order valence-electron chi connectivity index (χ1n) is 4.53. The largest absolute Gasteiger partial charge is 0.481 e. The van der Waals surface area contributed by atoms with Gasteiger partial charge in [-0.1, -0.05) is 24.3 Å². The average molecular weight is 201 g/mol. The Bertz CT molecular complexity index is 441. The van der Waals surface area contributed by atoms with Crippen molar-refractivity contribution in [3.63, 3.8) is 0 Å². The molecule has 1 N–H and O–H groups in total. The number of benzene rings is 1. The SMILES string of the molecule is Cc1c(C#N)cccc1C=CCC(=O)O. The Morgan fingerprint density at radius 3 is 2.93 bits per heavy atom. The zero-order valence-corrected chi connectivity index (χ0v) is 8.40. The zero-order valence-electron chi connectivity index (χ0n) is 8.40. The fourth-order valence-corrected chi connectivity index (χ4v) is 1.24. The van der Waals surface area contributed by atoms with E-state index in [2.05, 4.69) is 6.07 Å². The summed E-state index contributed by atoms with van der Waals surface area (Å²) in [6.07, 6.45) is 3.30. The molecule has 0 aliphatic heterocycles. The summed E-state index contributed by atoms with van der Waals surface area (Å²) in [5.41, 5.74) is 2.38. The lowest BCUT2D eigenvalue weighted by molar-refractivity contribution is -0.135. The summed E-state index contributed by atoms with van der Waals surface area (Å²) in [5, 5.41) is 17.2. The van der Waals surface area contributed by atoms with Crippen LogP contribution >= 0.6 is 0 Å². The molecule has 1 aromatic rings. The van der Waals surface area contributed by atoms with Gasteiger partial charge in [0, 0.05) is 0 Å². The third-order valence-electron chi connectivity index (χ3n) is 2.09. The minimum Gasteiger partial charge on any atom is -0.481 e. The highest BCUT2D eigenvalue weighted by Crippen LogP contribution is 2.14. The second-order valence-corrected chi connectivity index (χ2v) is 3.13. The van der Waals surface area contributed by atoms with Crippen molar-refractivity contribution in [1.82, 2.24) is 0 Å². The molecular formula is C12H11NO2. The Morgan fingerprint density at radius 1 is 1.60 bits per heavy atom. The second kappa shape index (κ2) is 4.97. The molecule has 76 valence electrons. The first-order chi connectivity index (χ1) is 7.15. The molecule has 0 heterocycles. The normalized spacial score (nSPS) is 10.1. The van der Waals surface area contributed by atoms with E-state index in [1.807, 2.05) is 13.0 Å². The summed E-state index contributed by atoms with van der Waals surface area (Å²) in [7, 11) is 0. The molecule has 0 saturated carbocycles. The van der Waals surface area contributed by atoms with Crippen LogP contribution < -0.4 is 0 Å². The molecule has 0 aliphatic rings. The van der Waals surface area contributed by atoms with E-state index < -0.39 is 5.97 Å². The van der Waals surface area contributed by atoms with Gasteiger partial charge in [0.1, 0.15) is 0 Å². The van der Waals surface area contributed by atoms with Crippen molar-refractivity contribution in [3.8, 4) is 6.07 Å². The van der Waals surface area contributed by atoms with E-state index in [1.54, 1.807) is 24.3 Å². The highest BCUT2D eigenvalue weighted by molar-refractivity contribution is 5.71. The van der Waals surface area contributed by atoms with E-state index in [0.29, 0.717) is 5.56 Å². The molecule has 0 bridgehead atoms. The summed E-state index contributed by atoms with van der Waals surface area (Å²) in [6, 6.07) is 7.46. The highest BCUT2D eigenvalue weighted by atomic mass is 16.4. The lowest BCUT2D eigenvalue weighted by atomic mass is 10.0. The molecule has 15 heavy (non-hydrogen) atoms. The van der Waals surface area contributed by atoms with Crippen molar-refractivity contribution < 1.29 is 9.90 Å². The summed E-state index contributed by atoms with van der Waals surface area (Å²) in [4.78, 5) is 10.3. The van der Waals surface area contributed by atoms with Crippen LogP contribution in [0.2, 0.25) is 0 Å². The molecule has 0 fully saturated rings. The van der Waals surface area contributed by atoms with Gasteiger partial charge < -0.3 is 5.11 Å². The summed E-state index contributed by atoms with van der Waals surface area (Å²) in [5.74, 6) is -0.861. The zero-order chi connectivity index (χ0) is 11.3. The Kier molecular flexibility index (Phi) is 3.64. The molecule has 0 amide bonds. The van der Waals surface area contributed by atoms with Gasteiger partial charge in [-0.05, 0) is 24.1 Å². The van der Waals surface area contributed by atoms with Gasteiger partial charge in [0.15, 0.2) is 0 Å². The topological polar surface area (TPSA) is 61.1 Å². The Balaban J connectivity index is 2.92. The van der Waals surface area contributed by atoms with Gasteiger partial charge in [-0.25, -0.2) is 0 Å². The maximum absolute atomic E-state index is 10.3. The molecule has 0 spiro atoms. The molecule has 0 aromatic heterocycles. The number of carboxylic acids is 1. The number of carbonyl (C=O) groups is 1. The van der Waals surface area contributed by atoms with E-state index >= 15 is 0 Å². The number of nitrogens with zero attached hydrogens (tertiary/aromatic N) is 1. The van der Waals surface area contributed by atoms with E-state index in [-0.39, 0.29) is 6.42 Å². The molecule has 3 nitrogen and oxygen atoms in total. The summed E-state index contributed by atoms with van der Waals surface area (Å²) < 4.78 is 0. The van der Waals surface area contributed by atoms with Crippen LogP contribution in [-0.4, -0.2) is 11.1 Å². The first-order valence-corrected chi connectivity index (χ1v) is 4.53. The molecule has 1 rings (SSSR count). The lowest BCUT2D eigenvalue weighted by Gasteiger charge is -2.01. The van der Waals surface area contributed by atoms with Crippen LogP contribution in [0.15, 0.2) is 24.3 Å². The average Bonchev–Trinajstić information content (AvgIpc) is 2.20. The number of nitriles is 1. The minimum atomic E-state index is -0.861. The van der Waals surface area contributed by atoms with Gasteiger partial charge in [0.2, 0.25) is 0 Å². The van der Waals surface area contributed by atoms with Crippen LogP contribution in [0.25, 0.3) is 6.08 Å². The van der Waals surface area contributed by atoms with Gasteiger partial charge >= 0.3 is 5.97 Å². The quantitative estimate of drug-likeness (QED) is 0.816. The van der Waals surface area contributed by atoms with Crippen LogP contribution in [-0.2, 0) is 4.79 Å². The minimum absolute atomic E-state index is 0.00375. The van der Waals surface area contributed by atoms with E-state index in [1.165, 1.54) is 0 Å². The number of aliphatic carboxylic acids is 1. The van der Waals surface area contributed by atoms with E-state index in [0.717, 1.165) is 11.1 Å². The van der Waals surface area contributed by atoms with Gasteiger partial charge in [-0.15, -0.1) is 0 Å². The van der Waals surface area contributed by atoms with Crippen LogP contribution in [0.1, 0.15) is 23.1 Å². The molecule has 0 unspecified atom stereocenters. The molecule has 0 radical (unpaired) electrons. The van der Waals surface area contributed by atoms with Crippen LogP contribution in [0, 0.1) is 18.3 Å². The molecule has 0 saturated heterocycles. The fraction of sp³-hybridized carbons (Fsp3) is 0.167. The lowest BCUT2D eigenvalue weighted by Crippen LogP contribution is -1.90. The maximum atomic E-state index is 10.3. The van der Waals surface area contributed by atoms with Crippen molar-refractivity contribution in [2.45, 2.75) is 13.3 Å². The fourth-order valence-electron chi connectivity index (χ4n) is 1.24. The van der Waals surface area contributed by atoms with Crippen molar-refractivity contribution in [2.24, 2.45) is 0 Å². The van der Waals surface area contributed by atoms with Crippen molar-refractivity contribution in [2.75, 3.05) is 0 Å². The van der Waals surface area contributed by atoms with Gasteiger partial charge in [-0.2, -0.15) is 5.26 Å². The Labute approximate surface area is 88.3 Å². The smallest absolute Gasteiger partial charge is 0.307 e. The molecule has 0 aliphatic carbocycles. The van der Waals surface area contributed by atoms with Crippen LogP contribution in [0.5, 0.6) is 0 Å². The van der Waals surface area contributed by atoms with Gasteiger partial charge in [0.25, 0.3) is 0 Å². The first kappa shape index (κ1) is 11.0. The highest BCUT2D eigenvalue weighted by Gasteiger charge is 1.99. The Hall–Kier alpha value is -2.08. The predicted molar refractivity (Wildman–Crippen MR) is 57.2 cm³/mol. The summed E-state index contributed by atoms with van der Waals surface area (Å²) in [6.45, 7) is 1.85. The molecular weight excluding hydrogens is 190 g/mol. The van der Waals surface area contributed by atoms with Crippen LogP contribution in [0.3, 0.4) is 0 Å². The summed E-state index contributed by atoms with van der Waals surface area (Å²) >= 11 is 0. The molecule has 1 aromatic carbocycles. The molecule has 3 heteroatoms. The second-order valence-electron chi connectivity index (χ2n) is 3.13. The van der Waals surface area contributed by atoms with Crippen molar-refractivity contribution in [3.05, 3.63) is 41.0 Å². The Morgan fingerprint density at radius 2 is 2.33 bits per heavy atom. The van der Waals surface area contributed by atoms with Gasteiger partial charge in [-0.3, -0.25) is 4.79 Å². The maximum Gasteiger partial charge on any atom is 0.307 e. The molecule has 0 atom stereocenters. The number of carboxylic acid groups (broad SMARTS) is 1. The monoisotopic (exact) mass is 201 g/mol. The van der Waals surface area contributed by atoms with Gasteiger partial charge in [0.05, 0.1) is 18.1 Å². The third-order valence-corrected chi connectivity index (χ3v) is 2.09. The number of hydrogen-bond donors (Lipinski definition) is 1. The van der Waals surface area contributed by atoms with E-state index in [4.69, 9.17) is 10.4 Å². The standard InChI is InChI=1S/C12H11NO2/c1-9-10(5-3-7-12(14)15)4-2-6-11(9)8-13/h2-6H,7H2,1H3,(H,14,15). The number of rotatable bonds is 3. The van der Waals surface area contributed by atoms with Crippen molar-refractivity contribution in [1.29, 1.82) is 5.26 Å².